The van der Waals surface area contributed by atoms with Crippen molar-refractivity contribution in [2.24, 2.45) is 0 Å². The average Bonchev–Trinajstić information content (AvgIpc) is 1.72. The van der Waals surface area contributed by atoms with Gasteiger partial charge < -0.3 is 4.18 Å². The molecule has 36 valence electrons. The Bertz CT molecular complexity index is 24.3. The monoisotopic (exact) mass is 122 g/mol. The van der Waals surface area contributed by atoms with Gasteiger partial charge in [-0.3, -0.25) is 0 Å². The largest absolute Gasteiger partial charge is 0.314 e. The third-order valence-electron chi connectivity index (χ3n) is 0.526. The quantitative estimate of drug-likeness (QED) is 0.449. The second-order valence-corrected chi connectivity index (χ2v) is 3.20. The van der Waals surface area contributed by atoms with Gasteiger partial charge in [0.1, 0.15) is 0 Å². The molecular weight excluding hydrogens is 116 g/mol. The van der Waals surface area contributed by atoms with E-state index in [9.17, 15) is 0 Å². The summed E-state index contributed by atoms with van der Waals surface area (Å²) in [5.74, 6) is 1.17. The summed E-state index contributed by atoms with van der Waals surface area (Å²) in [6, 6.07) is 0. The molecule has 0 N–H and O–H groups in total. The summed E-state index contributed by atoms with van der Waals surface area (Å²) in [5.41, 5.74) is 0. The van der Waals surface area contributed by atoms with Crippen molar-refractivity contribution in [3.05, 3.63) is 0 Å². The Kier molecular flexibility index (Phi) is 2.22. The smallest absolute Gasteiger partial charge is 0.0705 e. The highest BCUT2D eigenvalue weighted by atomic mass is 32.2. The van der Waals surface area contributed by atoms with E-state index in [4.69, 9.17) is 4.18 Å². The summed E-state index contributed by atoms with van der Waals surface area (Å²) >= 11 is 3.49. The normalized spacial score (nSPS) is 24.0. The highest BCUT2D eigenvalue weighted by molar-refractivity contribution is 8.14. The molecule has 0 radical (unpaired) electrons. The maximum absolute atomic E-state index is 4.97. The lowest BCUT2D eigenvalue weighted by molar-refractivity contribution is 0.405. The van der Waals surface area contributed by atoms with Crippen LogP contribution in [0, 0.1) is 0 Å². The Labute approximate surface area is 46.0 Å². The van der Waals surface area contributed by atoms with E-state index in [0.717, 1.165) is 11.7 Å². The van der Waals surface area contributed by atoms with Gasteiger partial charge in [0.2, 0.25) is 0 Å². The molecule has 0 amide bonds. The van der Waals surface area contributed by atoms with Crippen molar-refractivity contribution in [2.45, 2.75) is 0 Å². The zero-order valence-electron chi connectivity index (χ0n) is 3.35. The van der Waals surface area contributed by atoms with Crippen molar-refractivity contribution < 1.29 is 4.18 Å². The van der Waals surface area contributed by atoms with Gasteiger partial charge in [-0.2, -0.15) is 0 Å². The second kappa shape index (κ2) is 2.77. The van der Waals surface area contributed by atoms with Crippen LogP contribution in [0.4, 0.5) is 0 Å². The van der Waals surface area contributed by atoms with Crippen LogP contribution in [0.15, 0.2) is 0 Å². The zero-order chi connectivity index (χ0) is 4.24. The molecule has 0 aromatic carbocycles. The van der Waals surface area contributed by atoms with Crippen LogP contribution in [-0.4, -0.2) is 17.4 Å². The van der Waals surface area contributed by atoms with Gasteiger partial charge in [-0.05, 0) is 0 Å². The van der Waals surface area contributed by atoms with Crippen LogP contribution in [0.5, 0.6) is 0 Å². The van der Waals surface area contributed by atoms with Crippen LogP contribution in [0.2, 0.25) is 0 Å². The molecule has 0 spiro atoms. The number of rotatable bonds is 0. The Morgan fingerprint density at radius 1 is 1.50 bits per heavy atom. The van der Waals surface area contributed by atoms with E-state index in [1.54, 1.807) is 12.0 Å². The van der Waals surface area contributed by atoms with Crippen molar-refractivity contribution in [1.82, 2.24) is 0 Å². The third-order valence-corrected chi connectivity index (χ3v) is 2.37. The molecule has 1 rings (SSSR count). The minimum Gasteiger partial charge on any atom is -0.314 e. The fourth-order valence-corrected chi connectivity index (χ4v) is 1.80. The fourth-order valence-electron chi connectivity index (χ4n) is 0.279. The lowest BCUT2D eigenvalue weighted by Crippen LogP contribution is -1.96. The SMILES string of the molecule is C1CSCSO1. The first-order valence-electron chi connectivity index (χ1n) is 1.82. The lowest BCUT2D eigenvalue weighted by Gasteiger charge is -2.06. The van der Waals surface area contributed by atoms with Gasteiger partial charge in [-0.15, -0.1) is 11.8 Å². The van der Waals surface area contributed by atoms with E-state index >= 15 is 0 Å². The van der Waals surface area contributed by atoms with Gasteiger partial charge in [-0.25, -0.2) is 0 Å². The van der Waals surface area contributed by atoms with Gasteiger partial charge in [0.15, 0.2) is 0 Å². The van der Waals surface area contributed by atoms with Crippen LogP contribution < -0.4 is 0 Å². The molecule has 0 unspecified atom stereocenters. The minimum absolute atomic E-state index is 0.926. The molecule has 1 heterocycles. The van der Waals surface area contributed by atoms with Crippen molar-refractivity contribution in [3.8, 4) is 0 Å². The summed E-state index contributed by atoms with van der Waals surface area (Å²) in [6.45, 7) is 0.926. The first kappa shape index (κ1) is 4.81. The third kappa shape index (κ3) is 1.41. The molecule has 0 aliphatic carbocycles. The summed E-state index contributed by atoms with van der Waals surface area (Å²) in [5, 5.41) is 1.11. The Hall–Kier alpha value is 0.660. The van der Waals surface area contributed by atoms with Crippen molar-refractivity contribution in [2.75, 3.05) is 17.4 Å². The highest BCUT2D eigenvalue weighted by Gasteiger charge is 1.96. The van der Waals surface area contributed by atoms with E-state index < -0.39 is 0 Å². The molecule has 1 saturated heterocycles. The van der Waals surface area contributed by atoms with Gasteiger partial charge in [0.25, 0.3) is 0 Å². The Morgan fingerprint density at radius 2 is 2.50 bits per heavy atom. The molecule has 1 fully saturated rings. The van der Waals surface area contributed by atoms with Crippen LogP contribution in [0.1, 0.15) is 0 Å². The predicted molar refractivity (Wildman–Crippen MR) is 30.9 cm³/mol. The summed E-state index contributed by atoms with van der Waals surface area (Å²) in [4.78, 5) is 0. The maximum Gasteiger partial charge on any atom is 0.0705 e. The van der Waals surface area contributed by atoms with Crippen LogP contribution >= 0.6 is 23.8 Å². The first-order chi connectivity index (χ1) is 3.00. The first-order valence-corrected chi connectivity index (χ1v) is 3.89. The van der Waals surface area contributed by atoms with E-state index in [-0.39, 0.29) is 0 Å². The van der Waals surface area contributed by atoms with E-state index in [0.29, 0.717) is 0 Å². The average molecular weight is 122 g/mol. The number of hydrogen-bond acceptors (Lipinski definition) is 3. The standard InChI is InChI=1S/C3H6OS2/c1-2-5-3-6-4-1/h1-3H2. The van der Waals surface area contributed by atoms with Gasteiger partial charge >= 0.3 is 0 Å². The fraction of sp³-hybridized carbons (Fsp3) is 1.00. The molecule has 1 aliphatic heterocycles. The second-order valence-electron chi connectivity index (χ2n) is 0.966. The topological polar surface area (TPSA) is 9.23 Å². The molecule has 1 aliphatic rings. The highest BCUT2D eigenvalue weighted by Crippen LogP contribution is 2.18. The molecular formula is C3H6OS2. The molecule has 3 heteroatoms. The van der Waals surface area contributed by atoms with Gasteiger partial charge in [0.05, 0.1) is 11.7 Å². The van der Waals surface area contributed by atoms with Crippen LogP contribution in [0.3, 0.4) is 0 Å². The van der Waals surface area contributed by atoms with E-state index in [2.05, 4.69) is 0 Å². The molecule has 0 bridgehead atoms. The zero-order valence-corrected chi connectivity index (χ0v) is 4.98. The van der Waals surface area contributed by atoms with Crippen LogP contribution in [0.25, 0.3) is 0 Å². The molecule has 0 aromatic rings. The maximum atomic E-state index is 4.97. The number of thioether (sulfide) groups is 1. The Balaban J connectivity index is 2.00. The molecule has 6 heavy (non-hydrogen) atoms. The summed E-state index contributed by atoms with van der Waals surface area (Å²) in [6.07, 6.45) is 0. The predicted octanol–water partition coefficient (Wildman–Crippen LogP) is 1.36. The molecule has 1 nitrogen and oxygen atoms in total. The minimum atomic E-state index is 0.926. The van der Waals surface area contributed by atoms with Crippen LogP contribution in [-0.2, 0) is 4.18 Å². The van der Waals surface area contributed by atoms with E-state index in [1.807, 2.05) is 11.8 Å². The van der Waals surface area contributed by atoms with Crippen molar-refractivity contribution in [1.29, 1.82) is 0 Å². The van der Waals surface area contributed by atoms with Gasteiger partial charge in [-0.1, -0.05) is 0 Å². The summed E-state index contributed by atoms with van der Waals surface area (Å²) in [7, 11) is 0. The van der Waals surface area contributed by atoms with E-state index in [1.165, 1.54) is 5.75 Å². The van der Waals surface area contributed by atoms with Crippen molar-refractivity contribution >= 4 is 23.8 Å². The number of hydrogen-bond donors (Lipinski definition) is 0. The lowest BCUT2D eigenvalue weighted by atomic mass is 10.9. The molecule has 0 atom stereocenters. The van der Waals surface area contributed by atoms with Gasteiger partial charge in [0, 0.05) is 17.8 Å². The Morgan fingerprint density at radius 3 is 2.67 bits per heavy atom. The molecule has 0 saturated carbocycles. The summed E-state index contributed by atoms with van der Waals surface area (Å²) < 4.78 is 4.97. The van der Waals surface area contributed by atoms with Crippen molar-refractivity contribution in [3.63, 3.8) is 0 Å². The molecule has 0 aromatic heterocycles.